The van der Waals surface area contributed by atoms with Crippen LogP contribution in [0.25, 0.3) is 0 Å². The molecule has 0 saturated heterocycles. The molecule has 0 heterocycles. The Morgan fingerprint density at radius 3 is 2.21 bits per heavy atom. The van der Waals surface area contributed by atoms with E-state index in [-0.39, 0.29) is 16.8 Å². The van der Waals surface area contributed by atoms with Crippen LogP contribution in [0, 0.1) is 0 Å². The van der Waals surface area contributed by atoms with Gasteiger partial charge in [0.1, 0.15) is 0 Å². The van der Waals surface area contributed by atoms with Crippen molar-refractivity contribution >= 4 is 31.7 Å². The number of carbonyl (C=O) groups is 1. The van der Waals surface area contributed by atoms with Crippen LogP contribution in [0.3, 0.4) is 0 Å². The zero-order chi connectivity index (χ0) is 17.9. The summed E-state index contributed by atoms with van der Waals surface area (Å²) in [5.41, 5.74) is 1.41. The summed E-state index contributed by atoms with van der Waals surface area (Å²) in [5, 5.41) is 2.42. The molecule has 2 aromatic carbocycles. The van der Waals surface area contributed by atoms with Crippen LogP contribution in [-0.4, -0.2) is 19.6 Å². The molecular formula is C18H20BrNO3S. The van der Waals surface area contributed by atoms with Gasteiger partial charge in [-0.1, -0.05) is 28.1 Å². The van der Waals surface area contributed by atoms with E-state index < -0.39 is 15.1 Å². The molecule has 4 nitrogen and oxygen atoms in total. The lowest BCUT2D eigenvalue weighted by atomic mass is 10.1. The summed E-state index contributed by atoms with van der Waals surface area (Å²) in [6.45, 7) is 5.17. The van der Waals surface area contributed by atoms with E-state index in [1.54, 1.807) is 13.8 Å². The van der Waals surface area contributed by atoms with Crippen LogP contribution in [0.15, 0.2) is 57.9 Å². The molecule has 2 aromatic rings. The fraction of sp³-hybridized carbons (Fsp3) is 0.278. The van der Waals surface area contributed by atoms with E-state index in [4.69, 9.17) is 0 Å². The number of sulfone groups is 1. The Morgan fingerprint density at radius 1 is 1.04 bits per heavy atom. The number of amides is 1. The van der Waals surface area contributed by atoms with E-state index in [2.05, 4.69) is 21.2 Å². The van der Waals surface area contributed by atoms with Gasteiger partial charge < -0.3 is 5.32 Å². The molecule has 0 radical (unpaired) electrons. The Hall–Kier alpha value is -1.66. The zero-order valence-corrected chi connectivity index (χ0v) is 16.2. The molecular weight excluding hydrogens is 390 g/mol. The standard InChI is InChI=1S/C18H20BrNO3S/c1-12(2)24(22,23)17-9-7-14(8-10-17)18(21)20-13(3)15-5-4-6-16(19)11-15/h4-13H,1-3H3,(H,20,21). The van der Waals surface area contributed by atoms with Crippen molar-refractivity contribution in [1.29, 1.82) is 0 Å². The molecule has 0 fully saturated rings. The van der Waals surface area contributed by atoms with E-state index in [1.807, 2.05) is 31.2 Å². The molecule has 1 unspecified atom stereocenters. The maximum atomic E-state index is 12.3. The average Bonchev–Trinajstić information content (AvgIpc) is 2.54. The third kappa shape index (κ3) is 4.24. The van der Waals surface area contributed by atoms with Crippen molar-refractivity contribution < 1.29 is 13.2 Å². The second-order valence-electron chi connectivity index (χ2n) is 5.87. The molecule has 0 spiro atoms. The molecule has 128 valence electrons. The lowest BCUT2D eigenvalue weighted by molar-refractivity contribution is 0.0940. The Labute approximate surface area is 151 Å². The van der Waals surface area contributed by atoms with Crippen LogP contribution in [0.4, 0.5) is 0 Å². The van der Waals surface area contributed by atoms with Gasteiger partial charge in [0, 0.05) is 10.0 Å². The molecule has 24 heavy (non-hydrogen) atoms. The van der Waals surface area contributed by atoms with Crippen LogP contribution >= 0.6 is 15.9 Å². The van der Waals surface area contributed by atoms with Crippen molar-refractivity contribution in [3.63, 3.8) is 0 Å². The lowest BCUT2D eigenvalue weighted by Gasteiger charge is -2.15. The molecule has 0 saturated carbocycles. The number of nitrogens with one attached hydrogen (secondary N) is 1. The summed E-state index contributed by atoms with van der Waals surface area (Å²) in [5.74, 6) is -0.240. The highest BCUT2D eigenvalue weighted by molar-refractivity contribution is 9.10. The second kappa shape index (κ2) is 7.49. The van der Waals surface area contributed by atoms with E-state index in [9.17, 15) is 13.2 Å². The van der Waals surface area contributed by atoms with Crippen molar-refractivity contribution in [3.8, 4) is 0 Å². The fourth-order valence-corrected chi connectivity index (χ4v) is 3.68. The first-order valence-corrected chi connectivity index (χ1v) is 9.96. The first kappa shape index (κ1) is 18.7. The third-order valence-corrected chi connectivity index (χ3v) is 6.43. The number of benzene rings is 2. The number of halogens is 1. The molecule has 1 N–H and O–H groups in total. The smallest absolute Gasteiger partial charge is 0.251 e. The van der Waals surface area contributed by atoms with E-state index in [1.165, 1.54) is 24.3 Å². The van der Waals surface area contributed by atoms with Crippen LogP contribution in [-0.2, 0) is 9.84 Å². The molecule has 0 bridgehead atoms. The highest BCUT2D eigenvalue weighted by Crippen LogP contribution is 2.19. The van der Waals surface area contributed by atoms with Crippen molar-refractivity contribution in [1.82, 2.24) is 5.32 Å². The number of carbonyl (C=O) groups excluding carboxylic acids is 1. The van der Waals surface area contributed by atoms with Crippen molar-refractivity contribution in [3.05, 3.63) is 64.1 Å². The highest BCUT2D eigenvalue weighted by Gasteiger charge is 2.19. The van der Waals surface area contributed by atoms with Crippen LogP contribution < -0.4 is 5.32 Å². The molecule has 1 amide bonds. The topological polar surface area (TPSA) is 63.2 Å². The summed E-state index contributed by atoms with van der Waals surface area (Å²) in [6, 6.07) is 13.6. The summed E-state index contributed by atoms with van der Waals surface area (Å²) in [7, 11) is -3.33. The average molecular weight is 410 g/mol. The van der Waals surface area contributed by atoms with Gasteiger partial charge in [0.15, 0.2) is 9.84 Å². The third-order valence-electron chi connectivity index (χ3n) is 3.76. The van der Waals surface area contributed by atoms with Gasteiger partial charge in [-0.25, -0.2) is 8.42 Å². The monoisotopic (exact) mass is 409 g/mol. The van der Waals surface area contributed by atoms with Crippen LogP contribution in [0.1, 0.15) is 42.7 Å². The molecule has 0 aliphatic heterocycles. The van der Waals surface area contributed by atoms with Gasteiger partial charge in [-0.15, -0.1) is 0 Å². The van der Waals surface area contributed by atoms with Crippen molar-refractivity contribution in [2.24, 2.45) is 0 Å². The van der Waals surface area contributed by atoms with Gasteiger partial charge in [-0.05, 0) is 62.7 Å². The summed E-state index contributed by atoms with van der Waals surface area (Å²) < 4.78 is 25.2. The Kier molecular flexibility index (Phi) is 5.83. The Balaban J connectivity index is 2.13. The molecule has 0 aliphatic rings. The quantitative estimate of drug-likeness (QED) is 0.807. The van der Waals surface area contributed by atoms with Gasteiger partial charge in [0.2, 0.25) is 0 Å². The SMILES string of the molecule is CC(NC(=O)c1ccc(S(=O)(=O)C(C)C)cc1)c1cccc(Br)c1. The predicted octanol–water partition coefficient (Wildman–Crippen LogP) is 4.12. The van der Waals surface area contributed by atoms with Gasteiger partial charge in [0.25, 0.3) is 5.91 Å². The first-order chi connectivity index (χ1) is 11.2. The lowest BCUT2D eigenvalue weighted by Crippen LogP contribution is -2.26. The molecule has 2 rings (SSSR count). The molecule has 1 atom stereocenters. The maximum absolute atomic E-state index is 12.3. The number of rotatable bonds is 5. The van der Waals surface area contributed by atoms with Gasteiger partial charge in [-0.2, -0.15) is 0 Å². The number of hydrogen-bond acceptors (Lipinski definition) is 3. The van der Waals surface area contributed by atoms with Crippen molar-refractivity contribution in [2.75, 3.05) is 0 Å². The zero-order valence-electron chi connectivity index (χ0n) is 13.8. The summed E-state index contributed by atoms with van der Waals surface area (Å²) in [4.78, 5) is 12.6. The van der Waals surface area contributed by atoms with E-state index >= 15 is 0 Å². The molecule has 0 aromatic heterocycles. The maximum Gasteiger partial charge on any atom is 0.251 e. The van der Waals surface area contributed by atoms with E-state index in [0.717, 1.165) is 10.0 Å². The fourth-order valence-electron chi connectivity index (χ4n) is 2.21. The van der Waals surface area contributed by atoms with Crippen molar-refractivity contribution in [2.45, 2.75) is 37.0 Å². The largest absolute Gasteiger partial charge is 0.346 e. The number of hydrogen-bond donors (Lipinski definition) is 1. The van der Waals surface area contributed by atoms with Gasteiger partial charge in [0.05, 0.1) is 16.2 Å². The van der Waals surface area contributed by atoms with Gasteiger partial charge in [-0.3, -0.25) is 4.79 Å². The summed E-state index contributed by atoms with van der Waals surface area (Å²) in [6.07, 6.45) is 0. The van der Waals surface area contributed by atoms with Crippen LogP contribution in [0.5, 0.6) is 0 Å². The van der Waals surface area contributed by atoms with Gasteiger partial charge >= 0.3 is 0 Å². The second-order valence-corrected chi connectivity index (χ2v) is 9.29. The minimum absolute atomic E-state index is 0.158. The first-order valence-electron chi connectivity index (χ1n) is 7.62. The van der Waals surface area contributed by atoms with E-state index in [0.29, 0.717) is 5.56 Å². The van der Waals surface area contributed by atoms with Crippen LogP contribution in [0.2, 0.25) is 0 Å². The Morgan fingerprint density at radius 2 is 1.67 bits per heavy atom. The summed E-state index contributed by atoms with van der Waals surface area (Å²) >= 11 is 3.41. The molecule has 6 heteroatoms. The highest BCUT2D eigenvalue weighted by atomic mass is 79.9. The molecule has 0 aliphatic carbocycles. The minimum Gasteiger partial charge on any atom is -0.346 e. The normalized spacial score (nSPS) is 12.9. The predicted molar refractivity (Wildman–Crippen MR) is 98.8 cm³/mol. The minimum atomic E-state index is -3.33. The Bertz CT molecular complexity index is 830.